The second kappa shape index (κ2) is 13.3. The number of hydrogen-bond donors (Lipinski definition) is 4. The van der Waals surface area contributed by atoms with Gasteiger partial charge in [-0.25, -0.2) is 9.59 Å². The Morgan fingerprint density at radius 3 is 1.74 bits per heavy atom. The number of benzene rings is 3. The third-order valence-corrected chi connectivity index (χ3v) is 6.35. The van der Waals surface area contributed by atoms with Gasteiger partial charge in [0.15, 0.2) is 6.29 Å². The summed E-state index contributed by atoms with van der Waals surface area (Å²) < 4.78 is 11.3. The number of nitrogens with one attached hydrogen (secondary N) is 4. The molecule has 12 heteroatoms. The number of urea groups is 2. The summed E-state index contributed by atoms with van der Waals surface area (Å²) in [5.41, 5.74) is 0.307. The fourth-order valence-corrected chi connectivity index (χ4v) is 4.50. The number of carbonyl (C=O) groups is 3. The molecule has 3 aromatic rings. The van der Waals surface area contributed by atoms with Crippen molar-refractivity contribution in [1.29, 1.82) is 10.5 Å². The lowest BCUT2D eigenvalue weighted by Gasteiger charge is -2.31. The number of carbonyl (C=O) groups excluding carboxylic acids is 3. The molecular weight excluding hydrogens is 538 g/mol. The Morgan fingerprint density at radius 2 is 1.29 bits per heavy atom. The molecule has 0 radical (unpaired) electrons. The van der Waals surface area contributed by atoms with Crippen molar-refractivity contribution in [2.24, 2.45) is 0 Å². The van der Waals surface area contributed by atoms with Crippen LogP contribution in [0.15, 0.2) is 72.8 Å². The van der Waals surface area contributed by atoms with E-state index >= 15 is 0 Å². The first-order valence-electron chi connectivity index (χ1n) is 13.2. The van der Waals surface area contributed by atoms with Crippen LogP contribution in [0.25, 0.3) is 0 Å². The minimum absolute atomic E-state index is 0.00286. The van der Waals surface area contributed by atoms with Crippen molar-refractivity contribution in [2.75, 3.05) is 35.3 Å². The van der Waals surface area contributed by atoms with Crippen molar-refractivity contribution in [3.63, 3.8) is 0 Å². The third kappa shape index (κ3) is 6.47. The van der Waals surface area contributed by atoms with Crippen LogP contribution >= 0.6 is 0 Å². The predicted molar refractivity (Wildman–Crippen MR) is 154 cm³/mol. The highest BCUT2D eigenvalue weighted by Crippen LogP contribution is 2.39. The van der Waals surface area contributed by atoms with Crippen molar-refractivity contribution in [1.82, 2.24) is 10.6 Å². The van der Waals surface area contributed by atoms with E-state index in [0.29, 0.717) is 47.0 Å². The van der Waals surface area contributed by atoms with Gasteiger partial charge in [0, 0.05) is 30.2 Å². The first kappa shape index (κ1) is 29.6. The van der Waals surface area contributed by atoms with Crippen LogP contribution in [-0.4, -0.2) is 44.0 Å². The van der Waals surface area contributed by atoms with Gasteiger partial charge in [0.1, 0.15) is 0 Å². The molecular formula is C30H29N7O5. The Kier molecular flexibility index (Phi) is 9.35. The molecule has 0 unspecified atom stereocenters. The number of amides is 5. The first-order valence-corrected chi connectivity index (χ1v) is 13.2. The lowest BCUT2D eigenvalue weighted by atomic mass is 10.0. The highest BCUT2D eigenvalue weighted by molar-refractivity contribution is 6.12. The number of hydrogen-bond acceptors (Lipinski definition) is 7. The molecule has 0 aromatic heterocycles. The molecule has 1 aliphatic heterocycles. The fourth-order valence-electron chi connectivity index (χ4n) is 4.50. The van der Waals surface area contributed by atoms with Gasteiger partial charge < -0.3 is 35.6 Å². The number of para-hydroxylation sites is 1. The molecule has 0 saturated carbocycles. The Balaban J connectivity index is 1.68. The summed E-state index contributed by atoms with van der Waals surface area (Å²) in [4.78, 5) is 42.3. The molecule has 1 aliphatic rings. The number of anilines is 3. The maximum atomic E-state index is 14.2. The number of rotatable bonds is 10. The number of nitriles is 2. The molecule has 4 N–H and O–H groups in total. The fraction of sp³-hybridized carbons (Fsp3) is 0.233. The van der Waals surface area contributed by atoms with Gasteiger partial charge >= 0.3 is 12.1 Å². The minimum atomic E-state index is -2.02. The van der Waals surface area contributed by atoms with Gasteiger partial charge in [-0.15, -0.1) is 0 Å². The molecule has 42 heavy (non-hydrogen) atoms. The molecule has 0 saturated heterocycles. The van der Waals surface area contributed by atoms with Crippen molar-refractivity contribution >= 4 is 35.0 Å². The Morgan fingerprint density at radius 1 is 0.810 bits per heavy atom. The van der Waals surface area contributed by atoms with Crippen LogP contribution in [0, 0.1) is 22.7 Å². The van der Waals surface area contributed by atoms with Crippen molar-refractivity contribution in [2.45, 2.75) is 25.8 Å². The molecule has 0 spiro atoms. The Labute approximate surface area is 242 Å². The number of fused-ring (bicyclic) bond motifs is 1. The van der Waals surface area contributed by atoms with Crippen LogP contribution in [0.3, 0.4) is 0 Å². The Hall–Kier alpha value is -5.43. The lowest BCUT2D eigenvalue weighted by molar-refractivity contribution is -0.137. The zero-order valence-electron chi connectivity index (χ0n) is 23.0. The number of nitrogens with zero attached hydrogens (tertiary/aromatic N) is 3. The van der Waals surface area contributed by atoms with Gasteiger partial charge in [-0.3, -0.25) is 4.79 Å². The van der Waals surface area contributed by atoms with E-state index in [2.05, 4.69) is 21.3 Å². The summed E-state index contributed by atoms with van der Waals surface area (Å²) >= 11 is 0. The summed E-state index contributed by atoms with van der Waals surface area (Å²) in [6, 6.07) is 21.5. The van der Waals surface area contributed by atoms with Gasteiger partial charge in [0.05, 0.1) is 35.5 Å². The summed E-state index contributed by atoms with van der Waals surface area (Å²) in [7, 11) is 0. The molecule has 0 fully saturated rings. The summed E-state index contributed by atoms with van der Waals surface area (Å²) in [6.45, 7) is 4.30. The third-order valence-electron chi connectivity index (χ3n) is 6.35. The smallest absolute Gasteiger partial charge is 0.321 e. The van der Waals surface area contributed by atoms with Crippen LogP contribution in [0.1, 0.15) is 30.5 Å². The van der Waals surface area contributed by atoms with E-state index in [1.807, 2.05) is 12.1 Å². The van der Waals surface area contributed by atoms with E-state index in [9.17, 15) is 14.4 Å². The van der Waals surface area contributed by atoms with Gasteiger partial charge in [-0.05, 0) is 68.4 Å². The zero-order chi connectivity index (χ0) is 30.1. The molecule has 3 aromatic carbocycles. The quantitative estimate of drug-likeness (QED) is 0.269. The molecule has 1 heterocycles. The molecule has 4 rings (SSSR count). The lowest BCUT2D eigenvalue weighted by Crippen LogP contribution is -2.65. The van der Waals surface area contributed by atoms with Gasteiger partial charge in [0.25, 0.3) is 5.91 Å². The monoisotopic (exact) mass is 567 g/mol. The van der Waals surface area contributed by atoms with E-state index in [-0.39, 0.29) is 6.54 Å². The highest BCUT2D eigenvalue weighted by atomic mass is 16.7. The molecule has 214 valence electrons. The van der Waals surface area contributed by atoms with Gasteiger partial charge in [-0.2, -0.15) is 10.5 Å². The summed E-state index contributed by atoms with van der Waals surface area (Å²) in [6.07, 6.45) is -0.757. The molecule has 5 amide bonds. The standard InChI is InChI=1S/C30H29N7O5/c1-3-41-26(42-4-2)19-37-25-8-6-5-7-24(25)30(27(37)38,35-28(39)33-22-13-9-20(17-31)10-14-22)36-29(40)34-23-15-11-21(18-32)12-16-23/h5-16,26H,3-4,19H2,1-2H3,(H2,33,35,39)(H2,34,36,40). The molecule has 0 atom stereocenters. The second-order valence-electron chi connectivity index (χ2n) is 9.06. The first-order chi connectivity index (χ1) is 20.3. The van der Waals surface area contributed by atoms with E-state index < -0.39 is 29.9 Å². The van der Waals surface area contributed by atoms with Crippen LogP contribution in [0.5, 0.6) is 0 Å². The summed E-state index contributed by atoms with van der Waals surface area (Å²) in [5, 5.41) is 28.8. The normalized spacial score (nSPS) is 13.1. The Bertz CT molecular complexity index is 1450. The summed E-state index contributed by atoms with van der Waals surface area (Å²) in [5.74, 6) is -0.641. The molecule has 0 aliphatic carbocycles. The van der Waals surface area contributed by atoms with Crippen LogP contribution in [0.4, 0.5) is 26.7 Å². The van der Waals surface area contributed by atoms with E-state index in [1.54, 1.807) is 62.4 Å². The van der Waals surface area contributed by atoms with Crippen LogP contribution < -0.4 is 26.2 Å². The van der Waals surface area contributed by atoms with E-state index in [1.165, 1.54) is 29.2 Å². The minimum Gasteiger partial charge on any atom is -0.351 e. The maximum absolute atomic E-state index is 14.2. The van der Waals surface area contributed by atoms with Crippen molar-refractivity contribution in [3.8, 4) is 12.1 Å². The SMILES string of the molecule is CCOC(CN1C(=O)C(NC(=O)Nc2ccc(C#N)cc2)(NC(=O)Nc2ccc(C#N)cc2)c2ccccc21)OCC. The molecule has 0 bridgehead atoms. The van der Waals surface area contributed by atoms with Crippen LogP contribution in [-0.2, 0) is 19.9 Å². The average molecular weight is 568 g/mol. The van der Waals surface area contributed by atoms with Gasteiger partial charge in [0.2, 0.25) is 5.66 Å². The highest BCUT2D eigenvalue weighted by Gasteiger charge is 2.54. The van der Waals surface area contributed by atoms with Crippen molar-refractivity contribution in [3.05, 3.63) is 89.5 Å². The van der Waals surface area contributed by atoms with Gasteiger partial charge in [-0.1, -0.05) is 18.2 Å². The van der Waals surface area contributed by atoms with E-state index in [0.717, 1.165) is 0 Å². The van der Waals surface area contributed by atoms with Crippen LogP contribution in [0.2, 0.25) is 0 Å². The topological polar surface area (TPSA) is 169 Å². The maximum Gasteiger partial charge on any atom is 0.321 e. The molecule has 12 nitrogen and oxygen atoms in total. The van der Waals surface area contributed by atoms with E-state index in [4.69, 9.17) is 20.0 Å². The van der Waals surface area contributed by atoms with Crippen molar-refractivity contribution < 1.29 is 23.9 Å². The predicted octanol–water partition coefficient (Wildman–Crippen LogP) is 3.97. The average Bonchev–Trinajstić information content (AvgIpc) is 3.20. The zero-order valence-corrected chi connectivity index (χ0v) is 23.0. The second-order valence-corrected chi connectivity index (χ2v) is 9.06. The largest absolute Gasteiger partial charge is 0.351 e. The number of ether oxygens (including phenoxy) is 2.